The molecular formula is C14H19ClN2O. The van der Waals surface area contributed by atoms with Gasteiger partial charge in [-0.1, -0.05) is 18.5 Å². The Bertz CT molecular complexity index is 443. The summed E-state index contributed by atoms with van der Waals surface area (Å²) < 4.78 is 0. The van der Waals surface area contributed by atoms with Gasteiger partial charge < -0.3 is 10.2 Å². The third kappa shape index (κ3) is 2.68. The molecule has 18 heavy (non-hydrogen) atoms. The lowest BCUT2D eigenvalue weighted by molar-refractivity contribution is 0.0615. The average Bonchev–Trinajstić information content (AvgIpc) is 2.25. The van der Waals surface area contributed by atoms with E-state index >= 15 is 0 Å². The summed E-state index contributed by atoms with van der Waals surface area (Å²) in [6.07, 6.45) is 0.981. The average molecular weight is 267 g/mol. The van der Waals surface area contributed by atoms with Gasteiger partial charge in [0.05, 0.1) is 6.04 Å². The van der Waals surface area contributed by atoms with Gasteiger partial charge in [-0.05, 0) is 37.1 Å². The van der Waals surface area contributed by atoms with E-state index in [1.54, 1.807) is 6.07 Å². The molecule has 4 heteroatoms. The maximum Gasteiger partial charge on any atom is 0.254 e. The first-order valence-corrected chi connectivity index (χ1v) is 6.79. The van der Waals surface area contributed by atoms with E-state index in [1.807, 2.05) is 24.0 Å². The van der Waals surface area contributed by atoms with Gasteiger partial charge in [0.25, 0.3) is 5.91 Å². The zero-order valence-electron chi connectivity index (χ0n) is 10.9. The molecule has 1 fully saturated rings. The van der Waals surface area contributed by atoms with Crippen LogP contribution in [0.2, 0.25) is 5.02 Å². The van der Waals surface area contributed by atoms with Crippen molar-refractivity contribution in [1.82, 2.24) is 10.2 Å². The molecule has 1 aromatic carbocycles. The summed E-state index contributed by atoms with van der Waals surface area (Å²) in [6.45, 7) is 6.65. The topological polar surface area (TPSA) is 32.3 Å². The molecule has 1 heterocycles. The van der Waals surface area contributed by atoms with Crippen LogP contribution in [0.5, 0.6) is 0 Å². The van der Waals surface area contributed by atoms with E-state index in [2.05, 4.69) is 12.2 Å². The first-order chi connectivity index (χ1) is 8.63. The van der Waals surface area contributed by atoms with Crippen molar-refractivity contribution in [3.63, 3.8) is 0 Å². The molecule has 0 radical (unpaired) electrons. The van der Waals surface area contributed by atoms with E-state index < -0.39 is 0 Å². The van der Waals surface area contributed by atoms with Crippen molar-refractivity contribution in [2.24, 2.45) is 0 Å². The summed E-state index contributed by atoms with van der Waals surface area (Å²) in [5, 5.41) is 3.89. The highest BCUT2D eigenvalue weighted by Gasteiger charge is 2.29. The molecule has 98 valence electrons. The van der Waals surface area contributed by atoms with Crippen LogP contribution in [0.15, 0.2) is 18.2 Å². The lowest BCUT2D eigenvalue weighted by atomic mass is 10.0. The largest absolute Gasteiger partial charge is 0.333 e. The third-order valence-corrected chi connectivity index (χ3v) is 3.58. The van der Waals surface area contributed by atoms with Crippen LogP contribution in [-0.4, -0.2) is 36.5 Å². The van der Waals surface area contributed by atoms with Gasteiger partial charge >= 0.3 is 0 Å². The number of halogens is 1. The second kappa shape index (κ2) is 5.72. The van der Waals surface area contributed by atoms with E-state index in [0.717, 1.165) is 37.2 Å². The molecule has 1 N–H and O–H groups in total. The predicted molar refractivity (Wildman–Crippen MR) is 74.2 cm³/mol. The zero-order valence-corrected chi connectivity index (χ0v) is 11.6. The number of amides is 1. The van der Waals surface area contributed by atoms with Crippen LogP contribution >= 0.6 is 11.6 Å². The lowest BCUT2D eigenvalue weighted by Gasteiger charge is -2.38. The van der Waals surface area contributed by atoms with E-state index in [-0.39, 0.29) is 5.91 Å². The predicted octanol–water partition coefficient (Wildman–Crippen LogP) is 2.47. The van der Waals surface area contributed by atoms with Gasteiger partial charge in [-0.2, -0.15) is 0 Å². The molecule has 1 aliphatic rings. The van der Waals surface area contributed by atoms with Crippen LogP contribution in [-0.2, 0) is 0 Å². The van der Waals surface area contributed by atoms with Crippen molar-refractivity contribution < 1.29 is 4.79 Å². The van der Waals surface area contributed by atoms with E-state index in [1.165, 1.54) is 0 Å². The van der Waals surface area contributed by atoms with Crippen molar-refractivity contribution >= 4 is 17.5 Å². The van der Waals surface area contributed by atoms with Gasteiger partial charge in [0.15, 0.2) is 0 Å². The Morgan fingerprint density at radius 1 is 1.50 bits per heavy atom. The van der Waals surface area contributed by atoms with Crippen molar-refractivity contribution in [3.8, 4) is 0 Å². The summed E-state index contributed by atoms with van der Waals surface area (Å²) >= 11 is 5.93. The van der Waals surface area contributed by atoms with E-state index in [4.69, 9.17) is 11.6 Å². The molecule has 1 amide bonds. The molecule has 0 saturated carbocycles. The second-order valence-electron chi connectivity index (χ2n) is 4.77. The molecule has 0 unspecified atom stereocenters. The molecule has 1 saturated heterocycles. The van der Waals surface area contributed by atoms with Crippen LogP contribution < -0.4 is 5.32 Å². The fraction of sp³-hybridized carbons (Fsp3) is 0.500. The Kier molecular flexibility index (Phi) is 4.25. The fourth-order valence-corrected chi connectivity index (χ4v) is 2.43. The third-order valence-electron chi connectivity index (χ3n) is 3.34. The number of benzene rings is 1. The minimum absolute atomic E-state index is 0.123. The minimum Gasteiger partial charge on any atom is -0.333 e. The summed E-state index contributed by atoms with van der Waals surface area (Å²) in [5.41, 5.74) is 1.71. The Labute approximate surface area is 113 Å². The Morgan fingerprint density at radius 2 is 2.22 bits per heavy atom. The SMILES string of the molecule is CCCN(C(=O)c1ccc(Cl)cc1C)C1CNC1. The number of carbonyl (C=O) groups is 1. The van der Waals surface area contributed by atoms with Crippen LogP contribution in [0.3, 0.4) is 0 Å². The number of rotatable bonds is 4. The van der Waals surface area contributed by atoms with Gasteiger partial charge in [-0.25, -0.2) is 0 Å². The number of hydrogen-bond donors (Lipinski definition) is 1. The van der Waals surface area contributed by atoms with Crippen LogP contribution in [0.4, 0.5) is 0 Å². The van der Waals surface area contributed by atoms with Crippen LogP contribution in [0, 0.1) is 6.92 Å². The minimum atomic E-state index is 0.123. The van der Waals surface area contributed by atoms with Crippen molar-refractivity contribution in [2.45, 2.75) is 26.3 Å². The first kappa shape index (κ1) is 13.4. The molecule has 0 aromatic heterocycles. The van der Waals surface area contributed by atoms with Crippen molar-refractivity contribution in [2.75, 3.05) is 19.6 Å². The highest BCUT2D eigenvalue weighted by atomic mass is 35.5. The van der Waals surface area contributed by atoms with Gasteiger partial charge in [0.2, 0.25) is 0 Å². The molecule has 1 aliphatic heterocycles. The molecule has 0 bridgehead atoms. The first-order valence-electron chi connectivity index (χ1n) is 6.41. The van der Waals surface area contributed by atoms with Crippen LogP contribution in [0.25, 0.3) is 0 Å². The molecular weight excluding hydrogens is 248 g/mol. The molecule has 1 aromatic rings. The maximum absolute atomic E-state index is 12.6. The lowest BCUT2D eigenvalue weighted by Crippen LogP contribution is -2.59. The maximum atomic E-state index is 12.6. The van der Waals surface area contributed by atoms with Gasteiger partial charge in [-0.3, -0.25) is 4.79 Å². The summed E-state index contributed by atoms with van der Waals surface area (Å²) in [6, 6.07) is 5.80. The Hall–Kier alpha value is -1.06. The highest BCUT2D eigenvalue weighted by molar-refractivity contribution is 6.30. The van der Waals surface area contributed by atoms with E-state index in [0.29, 0.717) is 11.1 Å². The number of nitrogens with one attached hydrogen (secondary N) is 1. The van der Waals surface area contributed by atoms with Crippen molar-refractivity contribution in [1.29, 1.82) is 0 Å². The number of hydrogen-bond acceptors (Lipinski definition) is 2. The summed E-state index contributed by atoms with van der Waals surface area (Å²) in [5.74, 6) is 0.123. The smallest absolute Gasteiger partial charge is 0.254 e. The molecule has 3 nitrogen and oxygen atoms in total. The molecule has 2 rings (SSSR count). The standard InChI is InChI=1S/C14H19ClN2O/c1-3-6-17(12-8-16-9-12)14(18)13-5-4-11(15)7-10(13)2/h4-5,7,12,16H,3,6,8-9H2,1-2H3. The number of nitrogens with zero attached hydrogens (tertiary/aromatic N) is 1. The molecule has 0 aliphatic carbocycles. The van der Waals surface area contributed by atoms with Gasteiger partial charge in [0.1, 0.15) is 0 Å². The number of carbonyl (C=O) groups excluding carboxylic acids is 1. The van der Waals surface area contributed by atoms with Crippen molar-refractivity contribution in [3.05, 3.63) is 34.3 Å². The fourth-order valence-electron chi connectivity index (χ4n) is 2.21. The zero-order chi connectivity index (χ0) is 13.1. The van der Waals surface area contributed by atoms with Gasteiger partial charge in [0, 0.05) is 30.2 Å². The van der Waals surface area contributed by atoms with E-state index in [9.17, 15) is 4.79 Å². The Balaban J connectivity index is 2.21. The number of aryl methyl sites for hydroxylation is 1. The quantitative estimate of drug-likeness (QED) is 0.908. The molecule has 0 atom stereocenters. The normalized spacial score (nSPS) is 15.3. The van der Waals surface area contributed by atoms with Crippen LogP contribution in [0.1, 0.15) is 29.3 Å². The second-order valence-corrected chi connectivity index (χ2v) is 5.21. The Morgan fingerprint density at radius 3 is 2.72 bits per heavy atom. The summed E-state index contributed by atoms with van der Waals surface area (Å²) in [7, 11) is 0. The molecule has 0 spiro atoms. The monoisotopic (exact) mass is 266 g/mol. The van der Waals surface area contributed by atoms with Gasteiger partial charge in [-0.15, -0.1) is 0 Å². The summed E-state index contributed by atoms with van der Waals surface area (Å²) in [4.78, 5) is 14.5. The highest BCUT2D eigenvalue weighted by Crippen LogP contribution is 2.19.